The summed E-state index contributed by atoms with van der Waals surface area (Å²) in [7, 11) is 1.73. The third-order valence-electron chi connectivity index (χ3n) is 1.83. The summed E-state index contributed by atoms with van der Waals surface area (Å²) in [5, 5.41) is 3.32. The van der Waals surface area contributed by atoms with Crippen LogP contribution in [0, 0.1) is 5.92 Å². The molecule has 0 bridgehead atoms. The van der Waals surface area contributed by atoms with Gasteiger partial charge in [-0.25, -0.2) is 0 Å². The topological polar surface area (TPSA) is 30.5 Å². The molecule has 0 saturated heterocycles. The third kappa shape index (κ3) is 9.71. The van der Waals surface area contributed by atoms with E-state index in [-0.39, 0.29) is 0 Å². The van der Waals surface area contributed by atoms with Crippen molar-refractivity contribution in [3.63, 3.8) is 0 Å². The number of rotatable bonds is 10. The molecule has 3 nitrogen and oxygen atoms in total. The molecule has 0 aliphatic carbocycles. The number of ether oxygens (including phenoxy) is 2. The molecule has 0 spiro atoms. The van der Waals surface area contributed by atoms with Gasteiger partial charge < -0.3 is 14.8 Å². The van der Waals surface area contributed by atoms with Gasteiger partial charge in [-0.15, -0.1) is 6.58 Å². The fourth-order valence-corrected chi connectivity index (χ4v) is 1.10. The maximum Gasteiger partial charge on any atom is 0.0591 e. The first kappa shape index (κ1) is 13.6. The molecule has 0 aromatic carbocycles. The summed E-state index contributed by atoms with van der Waals surface area (Å²) in [6.07, 6.45) is 2.80. The normalized spacial score (nSPS) is 12.7. The van der Waals surface area contributed by atoms with Gasteiger partial charge in [-0.05, 0) is 18.9 Å². The molecule has 0 rings (SSSR count). The van der Waals surface area contributed by atoms with Crippen LogP contribution in [-0.4, -0.2) is 40.0 Å². The second-order valence-corrected chi connectivity index (χ2v) is 3.45. The van der Waals surface area contributed by atoms with Gasteiger partial charge in [0.1, 0.15) is 0 Å². The second kappa shape index (κ2) is 10.7. The van der Waals surface area contributed by atoms with Crippen LogP contribution in [0.2, 0.25) is 0 Å². The predicted octanol–water partition coefficient (Wildman–Crippen LogP) is 1.45. The van der Waals surface area contributed by atoms with Crippen molar-refractivity contribution >= 4 is 0 Å². The zero-order valence-corrected chi connectivity index (χ0v) is 9.42. The first-order valence-corrected chi connectivity index (χ1v) is 5.19. The van der Waals surface area contributed by atoms with Crippen LogP contribution in [-0.2, 0) is 9.47 Å². The number of nitrogens with one attached hydrogen (secondary N) is 1. The van der Waals surface area contributed by atoms with Crippen molar-refractivity contribution in [2.24, 2.45) is 5.92 Å². The van der Waals surface area contributed by atoms with E-state index in [1.54, 1.807) is 7.11 Å². The number of methoxy groups -OCH3 is 1. The molecule has 1 unspecified atom stereocenters. The van der Waals surface area contributed by atoms with Crippen molar-refractivity contribution in [3.8, 4) is 0 Å². The Morgan fingerprint density at radius 1 is 1.43 bits per heavy atom. The van der Waals surface area contributed by atoms with Crippen LogP contribution in [0.3, 0.4) is 0 Å². The predicted molar refractivity (Wildman–Crippen MR) is 59.5 cm³/mol. The van der Waals surface area contributed by atoms with E-state index in [1.807, 2.05) is 6.08 Å². The van der Waals surface area contributed by atoms with Gasteiger partial charge in [-0.1, -0.05) is 13.0 Å². The standard InChI is InChI=1S/C11H23NO2/c1-4-5-7-14-8-6-12-9-11(2)10-13-3/h4,11-12H,1,5-10H2,2-3H3. The molecule has 0 aromatic heterocycles. The Bertz CT molecular complexity index is 128. The molecule has 0 fully saturated rings. The van der Waals surface area contributed by atoms with E-state index in [9.17, 15) is 0 Å². The first-order valence-electron chi connectivity index (χ1n) is 5.19. The van der Waals surface area contributed by atoms with E-state index in [0.29, 0.717) is 5.92 Å². The van der Waals surface area contributed by atoms with Gasteiger partial charge in [0.2, 0.25) is 0 Å². The van der Waals surface area contributed by atoms with Crippen LogP contribution >= 0.6 is 0 Å². The average molecular weight is 201 g/mol. The lowest BCUT2D eigenvalue weighted by molar-refractivity contribution is 0.134. The largest absolute Gasteiger partial charge is 0.384 e. The second-order valence-electron chi connectivity index (χ2n) is 3.45. The lowest BCUT2D eigenvalue weighted by Gasteiger charge is -2.11. The highest BCUT2D eigenvalue weighted by molar-refractivity contribution is 4.64. The Labute approximate surface area is 87.5 Å². The van der Waals surface area contributed by atoms with E-state index in [2.05, 4.69) is 18.8 Å². The molecule has 3 heteroatoms. The van der Waals surface area contributed by atoms with Gasteiger partial charge in [-0.3, -0.25) is 0 Å². The molecule has 0 radical (unpaired) electrons. The SMILES string of the molecule is C=CCCOCCNCC(C)COC. The van der Waals surface area contributed by atoms with E-state index < -0.39 is 0 Å². The molecule has 0 heterocycles. The minimum Gasteiger partial charge on any atom is -0.384 e. The summed E-state index contributed by atoms with van der Waals surface area (Å²) in [4.78, 5) is 0. The maximum atomic E-state index is 5.35. The molecular formula is C11H23NO2. The Hall–Kier alpha value is -0.380. The molecule has 0 amide bonds. The van der Waals surface area contributed by atoms with Crippen molar-refractivity contribution in [3.05, 3.63) is 12.7 Å². The molecule has 84 valence electrons. The van der Waals surface area contributed by atoms with E-state index in [0.717, 1.165) is 39.3 Å². The van der Waals surface area contributed by atoms with Crippen molar-refractivity contribution in [2.45, 2.75) is 13.3 Å². The minimum absolute atomic E-state index is 0.563. The van der Waals surface area contributed by atoms with Gasteiger partial charge in [0.05, 0.1) is 13.2 Å². The Balaban J connectivity index is 3.01. The molecule has 14 heavy (non-hydrogen) atoms. The maximum absolute atomic E-state index is 5.35. The Kier molecular flexibility index (Phi) is 10.4. The van der Waals surface area contributed by atoms with E-state index >= 15 is 0 Å². The summed E-state index contributed by atoms with van der Waals surface area (Å²) >= 11 is 0. The zero-order chi connectivity index (χ0) is 10.6. The molecule has 0 aliphatic heterocycles. The number of hydrogen-bond donors (Lipinski definition) is 1. The highest BCUT2D eigenvalue weighted by atomic mass is 16.5. The van der Waals surface area contributed by atoms with Gasteiger partial charge in [0.15, 0.2) is 0 Å². The summed E-state index contributed by atoms with van der Waals surface area (Å²) < 4.78 is 10.4. The zero-order valence-electron chi connectivity index (χ0n) is 9.42. The van der Waals surface area contributed by atoms with E-state index in [1.165, 1.54) is 0 Å². The van der Waals surface area contributed by atoms with Gasteiger partial charge in [0.25, 0.3) is 0 Å². The summed E-state index contributed by atoms with van der Waals surface area (Å²) in [6.45, 7) is 10.0. The average Bonchev–Trinajstić information content (AvgIpc) is 2.17. The smallest absolute Gasteiger partial charge is 0.0591 e. The summed E-state index contributed by atoms with van der Waals surface area (Å²) in [6, 6.07) is 0. The van der Waals surface area contributed by atoms with Gasteiger partial charge in [-0.2, -0.15) is 0 Å². The first-order chi connectivity index (χ1) is 6.81. The lowest BCUT2D eigenvalue weighted by Crippen LogP contribution is -2.27. The van der Waals surface area contributed by atoms with Gasteiger partial charge in [0, 0.05) is 20.3 Å². The fourth-order valence-electron chi connectivity index (χ4n) is 1.10. The summed E-state index contributed by atoms with van der Waals surface area (Å²) in [5.41, 5.74) is 0. The molecule has 1 N–H and O–H groups in total. The van der Waals surface area contributed by atoms with Crippen molar-refractivity contribution in [1.29, 1.82) is 0 Å². The van der Waals surface area contributed by atoms with Gasteiger partial charge >= 0.3 is 0 Å². The highest BCUT2D eigenvalue weighted by Gasteiger charge is 1.99. The Morgan fingerprint density at radius 2 is 2.21 bits per heavy atom. The quantitative estimate of drug-likeness (QED) is 0.429. The van der Waals surface area contributed by atoms with Crippen LogP contribution in [0.1, 0.15) is 13.3 Å². The minimum atomic E-state index is 0.563. The van der Waals surface area contributed by atoms with Crippen LogP contribution in [0.4, 0.5) is 0 Å². The highest BCUT2D eigenvalue weighted by Crippen LogP contribution is 1.91. The van der Waals surface area contributed by atoms with Crippen LogP contribution in [0.5, 0.6) is 0 Å². The van der Waals surface area contributed by atoms with Crippen molar-refractivity contribution in [2.75, 3.05) is 40.0 Å². The molecule has 1 atom stereocenters. The lowest BCUT2D eigenvalue weighted by atomic mass is 10.2. The summed E-state index contributed by atoms with van der Waals surface area (Å²) in [5.74, 6) is 0.563. The fraction of sp³-hybridized carbons (Fsp3) is 0.818. The monoisotopic (exact) mass is 201 g/mol. The van der Waals surface area contributed by atoms with Crippen LogP contribution < -0.4 is 5.32 Å². The van der Waals surface area contributed by atoms with Crippen molar-refractivity contribution < 1.29 is 9.47 Å². The molecular weight excluding hydrogens is 178 g/mol. The molecule has 0 aromatic rings. The third-order valence-corrected chi connectivity index (χ3v) is 1.83. The van der Waals surface area contributed by atoms with Crippen LogP contribution in [0.25, 0.3) is 0 Å². The molecule has 0 aliphatic rings. The number of hydrogen-bond acceptors (Lipinski definition) is 3. The Morgan fingerprint density at radius 3 is 2.86 bits per heavy atom. The van der Waals surface area contributed by atoms with E-state index in [4.69, 9.17) is 9.47 Å². The van der Waals surface area contributed by atoms with Crippen molar-refractivity contribution in [1.82, 2.24) is 5.32 Å². The van der Waals surface area contributed by atoms with Crippen LogP contribution in [0.15, 0.2) is 12.7 Å². The molecule has 0 saturated carbocycles.